The van der Waals surface area contributed by atoms with E-state index in [1.165, 1.54) is 12.1 Å². The van der Waals surface area contributed by atoms with Gasteiger partial charge >= 0.3 is 0 Å². The van der Waals surface area contributed by atoms with Crippen LogP contribution in [0.5, 0.6) is 0 Å². The van der Waals surface area contributed by atoms with Crippen LogP contribution in [0, 0.1) is 0 Å². The maximum absolute atomic E-state index is 12.2. The summed E-state index contributed by atoms with van der Waals surface area (Å²) in [5, 5.41) is 0. The van der Waals surface area contributed by atoms with Crippen LogP contribution in [0.2, 0.25) is 0 Å². The van der Waals surface area contributed by atoms with E-state index >= 15 is 0 Å². The number of benzene rings is 2. The molecule has 3 N–H and O–H groups in total. The van der Waals surface area contributed by atoms with Crippen molar-refractivity contribution in [1.82, 2.24) is 4.72 Å². The Morgan fingerprint density at radius 2 is 1.60 bits per heavy atom. The van der Waals surface area contributed by atoms with E-state index in [0.717, 1.165) is 17.5 Å². The van der Waals surface area contributed by atoms with Crippen LogP contribution in [-0.4, -0.2) is 8.42 Å². The molecule has 2 aromatic rings. The Kier molecular flexibility index (Phi) is 4.42. The summed E-state index contributed by atoms with van der Waals surface area (Å²) in [5.74, 6) is 0. The molecule has 0 radical (unpaired) electrons. The molecule has 0 saturated carbocycles. The van der Waals surface area contributed by atoms with Gasteiger partial charge in [-0.2, -0.15) is 0 Å². The van der Waals surface area contributed by atoms with E-state index in [4.69, 9.17) is 5.73 Å². The number of sulfonamides is 1. The van der Waals surface area contributed by atoms with E-state index in [1.807, 2.05) is 31.2 Å². The lowest BCUT2D eigenvalue weighted by Crippen LogP contribution is -2.23. The number of hydrogen-bond acceptors (Lipinski definition) is 3. The van der Waals surface area contributed by atoms with Crippen LogP contribution in [0.25, 0.3) is 0 Å². The van der Waals surface area contributed by atoms with Crippen LogP contribution in [-0.2, 0) is 23.0 Å². The molecule has 2 rings (SSSR count). The average Bonchev–Trinajstić information content (AvgIpc) is 2.46. The zero-order valence-corrected chi connectivity index (χ0v) is 12.2. The molecule has 0 heterocycles. The number of nitrogens with one attached hydrogen (secondary N) is 1. The Morgan fingerprint density at radius 3 is 2.20 bits per heavy atom. The van der Waals surface area contributed by atoms with Crippen molar-refractivity contribution in [3.05, 3.63) is 59.7 Å². The van der Waals surface area contributed by atoms with Crippen LogP contribution in [0.1, 0.15) is 18.1 Å². The van der Waals surface area contributed by atoms with E-state index in [2.05, 4.69) is 4.72 Å². The number of anilines is 1. The molecule has 0 aliphatic heterocycles. The van der Waals surface area contributed by atoms with Crippen molar-refractivity contribution in [3.8, 4) is 0 Å². The predicted octanol–water partition coefficient (Wildman–Crippen LogP) is 2.31. The minimum Gasteiger partial charge on any atom is -0.399 e. The van der Waals surface area contributed by atoms with Gasteiger partial charge in [0.15, 0.2) is 0 Å². The summed E-state index contributed by atoms with van der Waals surface area (Å²) in [6.45, 7) is 2.34. The molecule has 0 spiro atoms. The number of hydrogen-bond donors (Lipinski definition) is 2. The van der Waals surface area contributed by atoms with Gasteiger partial charge in [0.05, 0.1) is 4.90 Å². The first kappa shape index (κ1) is 14.6. The Morgan fingerprint density at radius 1 is 1.00 bits per heavy atom. The predicted molar refractivity (Wildman–Crippen MR) is 80.7 cm³/mol. The van der Waals surface area contributed by atoms with Crippen LogP contribution in [0.4, 0.5) is 5.69 Å². The molecular weight excluding hydrogens is 272 g/mol. The normalized spacial score (nSPS) is 11.4. The third-order valence-electron chi connectivity index (χ3n) is 3.14. The first-order valence-corrected chi connectivity index (χ1v) is 7.93. The Labute approximate surface area is 119 Å². The summed E-state index contributed by atoms with van der Waals surface area (Å²) in [5.41, 5.74) is 8.24. The van der Waals surface area contributed by atoms with Crippen molar-refractivity contribution >= 4 is 15.7 Å². The van der Waals surface area contributed by atoms with Crippen LogP contribution >= 0.6 is 0 Å². The lowest BCUT2D eigenvalue weighted by Gasteiger charge is -2.10. The van der Waals surface area contributed by atoms with Crippen molar-refractivity contribution in [2.24, 2.45) is 0 Å². The fourth-order valence-corrected chi connectivity index (χ4v) is 2.98. The number of nitrogens with two attached hydrogens (primary N) is 1. The SMILES string of the molecule is CCc1ccccc1CNS(=O)(=O)c1ccc(N)cc1. The molecule has 0 aliphatic carbocycles. The van der Waals surface area contributed by atoms with Gasteiger partial charge in [-0.05, 0) is 41.8 Å². The maximum atomic E-state index is 12.2. The van der Waals surface area contributed by atoms with Gasteiger partial charge in [-0.3, -0.25) is 0 Å². The van der Waals surface area contributed by atoms with Crippen molar-refractivity contribution < 1.29 is 8.42 Å². The zero-order chi connectivity index (χ0) is 14.6. The smallest absolute Gasteiger partial charge is 0.240 e. The number of rotatable bonds is 5. The van der Waals surface area contributed by atoms with E-state index < -0.39 is 10.0 Å². The van der Waals surface area contributed by atoms with Gasteiger partial charge in [-0.15, -0.1) is 0 Å². The molecule has 4 nitrogen and oxygen atoms in total. The maximum Gasteiger partial charge on any atom is 0.240 e. The summed E-state index contributed by atoms with van der Waals surface area (Å²) >= 11 is 0. The minimum absolute atomic E-state index is 0.223. The Balaban J connectivity index is 2.15. The summed E-state index contributed by atoms with van der Waals surface area (Å²) < 4.78 is 26.9. The number of nitrogen functional groups attached to an aromatic ring is 1. The molecule has 0 amide bonds. The molecule has 0 atom stereocenters. The summed E-state index contributed by atoms with van der Waals surface area (Å²) in [4.78, 5) is 0.223. The highest BCUT2D eigenvalue weighted by Crippen LogP contribution is 2.14. The van der Waals surface area contributed by atoms with Crippen molar-refractivity contribution in [2.45, 2.75) is 24.8 Å². The highest BCUT2D eigenvalue weighted by molar-refractivity contribution is 7.89. The number of aryl methyl sites for hydroxylation is 1. The summed E-state index contributed by atoms with van der Waals surface area (Å²) in [7, 11) is -3.51. The molecule has 0 saturated heterocycles. The standard InChI is InChI=1S/C15H18N2O2S/c1-2-12-5-3-4-6-13(12)11-17-20(18,19)15-9-7-14(16)8-10-15/h3-10,17H,2,11,16H2,1H3. The molecular formula is C15H18N2O2S. The van der Waals surface area contributed by atoms with E-state index in [-0.39, 0.29) is 11.4 Å². The first-order valence-electron chi connectivity index (χ1n) is 6.45. The van der Waals surface area contributed by atoms with Gasteiger partial charge in [-0.25, -0.2) is 13.1 Å². The summed E-state index contributed by atoms with van der Waals surface area (Å²) in [6.07, 6.45) is 0.875. The molecule has 0 fully saturated rings. The van der Waals surface area contributed by atoms with Crippen LogP contribution < -0.4 is 10.5 Å². The molecule has 106 valence electrons. The summed E-state index contributed by atoms with van der Waals surface area (Å²) in [6, 6.07) is 14.0. The van der Waals surface area contributed by atoms with Gasteiger partial charge in [0.1, 0.15) is 0 Å². The van der Waals surface area contributed by atoms with Crippen molar-refractivity contribution in [1.29, 1.82) is 0 Å². The van der Waals surface area contributed by atoms with Crippen molar-refractivity contribution in [2.75, 3.05) is 5.73 Å². The molecule has 0 aliphatic rings. The average molecular weight is 290 g/mol. The highest BCUT2D eigenvalue weighted by atomic mass is 32.2. The Bertz CT molecular complexity index is 679. The lowest BCUT2D eigenvalue weighted by molar-refractivity contribution is 0.581. The Hall–Kier alpha value is -1.85. The quantitative estimate of drug-likeness (QED) is 0.830. The first-order chi connectivity index (χ1) is 9.53. The second-order valence-electron chi connectivity index (χ2n) is 4.52. The van der Waals surface area contributed by atoms with Gasteiger partial charge < -0.3 is 5.73 Å². The fourth-order valence-electron chi connectivity index (χ4n) is 1.98. The molecule has 0 bridgehead atoms. The fraction of sp³-hybridized carbons (Fsp3) is 0.200. The molecule has 20 heavy (non-hydrogen) atoms. The second kappa shape index (κ2) is 6.07. The largest absolute Gasteiger partial charge is 0.399 e. The molecule has 0 aromatic heterocycles. The van der Waals surface area contributed by atoms with E-state index in [1.54, 1.807) is 12.1 Å². The van der Waals surface area contributed by atoms with Gasteiger partial charge in [-0.1, -0.05) is 31.2 Å². The lowest BCUT2D eigenvalue weighted by atomic mass is 10.1. The van der Waals surface area contributed by atoms with Crippen LogP contribution in [0.15, 0.2) is 53.4 Å². The van der Waals surface area contributed by atoms with Crippen LogP contribution in [0.3, 0.4) is 0 Å². The second-order valence-corrected chi connectivity index (χ2v) is 6.28. The van der Waals surface area contributed by atoms with Gasteiger partial charge in [0, 0.05) is 12.2 Å². The van der Waals surface area contributed by atoms with E-state index in [0.29, 0.717) is 5.69 Å². The zero-order valence-electron chi connectivity index (χ0n) is 11.3. The third kappa shape index (κ3) is 3.37. The van der Waals surface area contributed by atoms with Gasteiger partial charge in [0.2, 0.25) is 10.0 Å². The molecule has 2 aromatic carbocycles. The van der Waals surface area contributed by atoms with E-state index in [9.17, 15) is 8.42 Å². The minimum atomic E-state index is -3.51. The van der Waals surface area contributed by atoms with Crippen molar-refractivity contribution in [3.63, 3.8) is 0 Å². The third-order valence-corrected chi connectivity index (χ3v) is 4.56. The highest BCUT2D eigenvalue weighted by Gasteiger charge is 2.13. The molecule has 0 unspecified atom stereocenters. The monoisotopic (exact) mass is 290 g/mol. The van der Waals surface area contributed by atoms with Gasteiger partial charge in [0.25, 0.3) is 0 Å². The molecule has 5 heteroatoms. The topological polar surface area (TPSA) is 72.2 Å².